The first-order chi connectivity index (χ1) is 11.2. The maximum atomic E-state index is 13.3. The Kier molecular flexibility index (Phi) is 5.48. The molecule has 1 fully saturated rings. The van der Waals surface area contributed by atoms with Gasteiger partial charge in [-0.05, 0) is 18.4 Å². The number of carbonyl (C=O) groups excluding carboxylic acids is 2. The fraction of sp³-hybridized carbons (Fsp3) is 0.500. The second kappa shape index (κ2) is 7.21. The Labute approximate surface area is 137 Å². The van der Waals surface area contributed by atoms with Gasteiger partial charge in [-0.25, -0.2) is 0 Å². The molecule has 0 unspecified atom stereocenters. The number of aliphatic hydroxyl groups is 1. The lowest BCUT2D eigenvalue weighted by atomic mass is 9.93. The van der Waals surface area contributed by atoms with Crippen LogP contribution in [-0.2, 0) is 15.2 Å². The summed E-state index contributed by atoms with van der Waals surface area (Å²) in [6.07, 6.45) is -1.64. The van der Waals surface area contributed by atoms with E-state index in [9.17, 15) is 27.9 Å². The quantitative estimate of drug-likeness (QED) is 0.726. The maximum absolute atomic E-state index is 13.3. The van der Waals surface area contributed by atoms with E-state index in [4.69, 9.17) is 0 Å². The second-order valence-electron chi connectivity index (χ2n) is 5.86. The highest BCUT2D eigenvalue weighted by atomic mass is 19.4. The Morgan fingerprint density at radius 1 is 1.08 bits per heavy atom. The fourth-order valence-corrected chi connectivity index (χ4v) is 2.69. The average Bonchev–Trinajstić information content (AvgIpc) is 3.04. The summed E-state index contributed by atoms with van der Waals surface area (Å²) in [5.74, 6) is -2.18. The monoisotopic (exact) mass is 344 g/mol. The lowest BCUT2D eigenvalue weighted by molar-refractivity contribution is -0.264. The van der Waals surface area contributed by atoms with Gasteiger partial charge in [0.2, 0.25) is 5.60 Å². The van der Waals surface area contributed by atoms with Crippen LogP contribution in [0.4, 0.5) is 13.2 Å². The van der Waals surface area contributed by atoms with Crippen molar-refractivity contribution in [2.75, 3.05) is 6.54 Å². The van der Waals surface area contributed by atoms with Gasteiger partial charge in [-0.1, -0.05) is 43.2 Å². The number of nitrogens with one attached hydrogen (secondary N) is 2. The van der Waals surface area contributed by atoms with Gasteiger partial charge in [0.05, 0.1) is 6.54 Å². The van der Waals surface area contributed by atoms with Gasteiger partial charge >= 0.3 is 18.0 Å². The zero-order chi connectivity index (χ0) is 17.8. The van der Waals surface area contributed by atoms with Crippen LogP contribution in [-0.4, -0.2) is 35.7 Å². The van der Waals surface area contributed by atoms with E-state index in [2.05, 4.69) is 5.32 Å². The largest absolute Gasteiger partial charge is 0.423 e. The molecule has 0 aromatic heterocycles. The van der Waals surface area contributed by atoms with Crippen LogP contribution in [0.5, 0.6) is 0 Å². The molecule has 2 amide bonds. The van der Waals surface area contributed by atoms with Crippen LogP contribution in [0.25, 0.3) is 0 Å². The van der Waals surface area contributed by atoms with E-state index in [1.54, 1.807) is 0 Å². The highest BCUT2D eigenvalue weighted by Crippen LogP contribution is 2.38. The molecular formula is C16H19F3N2O3. The summed E-state index contributed by atoms with van der Waals surface area (Å²) in [4.78, 5) is 23.5. The minimum Gasteiger partial charge on any atom is -0.375 e. The summed E-state index contributed by atoms with van der Waals surface area (Å²) >= 11 is 0. The number of alkyl halides is 3. The highest BCUT2D eigenvalue weighted by Gasteiger charge is 2.55. The lowest BCUT2D eigenvalue weighted by Crippen LogP contribution is -2.53. The minimum atomic E-state index is -5.01. The Morgan fingerprint density at radius 2 is 1.67 bits per heavy atom. The van der Waals surface area contributed by atoms with Crippen molar-refractivity contribution in [3.05, 3.63) is 35.9 Å². The summed E-state index contributed by atoms with van der Waals surface area (Å²) in [6, 6.07) is 6.30. The van der Waals surface area contributed by atoms with Gasteiger partial charge in [-0.15, -0.1) is 0 Å². The molecule has 0 spiro atoms. The van der Waals surface area contributed by atoms with Crippen molar-refractivity contribution in [2.45, 2.75) is 43.5 Å². The first kappa shape index (κ1) is 18.3. The number of hydrogen-bond acceptors (Lipinski definition) is 3. The molecule has 2 rings (SSSR count). The molecule has 1 aromatic carbocycles. The van der Waals surface area contributed by atoms with E-state index in [1.807, 2.05) is 5.32 Å². The number of amides is 2. The standard InChI is InChI=1S/C16H19F3N2O3/c17-16(18,19)15(24,11-6-2-1-3-7-11)10-20-13(22)14(23)21-12-8-4-5-9-12/h1-3,6-7,12,24H,4-5,8-10H2,(H,20,22)(H,21,23)/t15-/m0/s1. The van der Waals surface area contributed by atoms with E-state index < -0.39 is 35.7 Å². The number of benzene rings is 1. The first-order valence-electron chi connectivity index (χ1n) is 7.67. The zero-order valence-corrected chi connectivity index (χ0v) is 12.9. The van der Waals surface area contributed by atoms with E-state index in [0.29, 0.717) is 0 Å². The smallest absolute Gasteiger partial charge is 0.375 e. The summed E-state index contributed by atoms with van der Waals surface area (Å²) in [5, 5.41) is 14.4. The van der Waals surface area contributed by atoms with Gasteiger partial charge in [0.1, 0.15) is 0 Å². The molecule has 1 aliphatic rings. The lowest BCUT2D eigenvalue weighted by Gasteiger charge is -2.31. The molecule has 0 saturated heterocycles. The molecule has 132 valence electrons. The van der Waals surface area contributed by atoms with Crippen molar-refractivity contribution in [1.29, 1.82) is 0 Å². The molecule has 1 aliphatic carbocycles. The minimum absolute atomic E-state index is 0.126. The SMILES string of the molecule is O=C(NC[C@](O)(c1ccccc1)C(F)(F)F)C(=O)NC1CCCC1. The third kappa shape index (κ3) is 4.05. The predicted octanol–water partition coefficient (Wildman–Crippen LogP) is 1.61. The molecule has 0 aliphatic heterocycles. The first-order valence-corrected chi connectivity index (χ1v) is 7.67. The van der Waals surface area contributed by atoms with Gasteiger partial charge in [0.25, 0.3) is 0 Å². The van der Waals surface area contributed by atoms with Gasteiger partial charge in [0.15, 0.2) is 0 Å². The number of hydrogen-bond donors (Lipinski definition) is 3. The summed E-state index contributed by atoms with van der Waals surface area (Å²) in [6.45, 7) is -1.14. The number of carbonyl (C=O) groups is 2. The number of halogens is 3. The predicted molar refractivity (Wildman–Crippen MR) is 79.8 cm³/mol. The molecule has 1 saturated carbocycles. The fourth-order valence-electron chi connectivity index (χ4n) is 2.69. The van der Waals surface area contributed by atoms with E-state index in [-0.39, 0.29) is 6.04 Å². The maximum Gasteiger partial charge on any atom is 0.423 e. The van der Waals surface area contributed by atoms with Crippen LogP contribution in [0.2, 0.25) is 0 Å². The van der Waals surface area contributed by atoms with Crippen LogP contribution in [0.15, 0.2) is 30.3 Å². The Hall–Kier alpha value is -2.09. The molecule has 1 aromatic rings. The topological polar surface area (TPSA) is 78.4 Å². The van der Waals surface area contributed by atoms with Gasteiger partial charge in [-0.2, -0.15) is 13.2 Å². The Morgan fingerprint density at radius 3 is 2.21 bits per heavy atom. The van der Waals surface area contributed by atoms with E-state index in [1.165, 1.54) is 18.2 Å². The molecule has 3 N–H and O–H groups in total. The van der Waals surface area contributed by atoms with E-state index >= 15 is 0 Å². The normalized spacial score (nSPS) is 18.0. The molecule has 1 atom stereocenters. The highest BCUT2D eigenvalue weighted by molar-refractivity contribution is 6.35. The van der Waals surface area contributed by atoms with Crippen molar-refractivity contribution in [3.8, 4) is 0 Å². The van der Waals surface area contributed by atoms with Crippen molar-refractivity contribution in [3.63, 3.8) is 0 Å². The van der Waals surface area contributed by atoms with Crippen LogP contribution in [0.1, 0.15) is 31.2 Å². The molecule has 0 bridgehead atoms. The van der Waals surface area contributed by atoms with Crippen LogP contribution >= 0.6 is 0 Å². The van der Waals surface area contributed by atoms with Gasteiger partial charge in [-0.3, -0.25) is 9.59 Å². The van der Waals surface area contributed by atoms with Crippen molar-refractivity contribution < 1.29 is 27.9 Å². The zero-order valence-electron chi connectivity index (χ0n) is 12.9. The number of rotatable bonds is 4. The third-order valence-electron chi connectivity index (χ3n) is 4.12. The molecule has 0 radical (unpaired) electrons. The molecule has 24 heavy (non-hydrogen) atoms. The van der Waals surface area contributed by atoms with Crippen molar-refractivity contribution in [2.24, 2.45) is 0 Å². The summed E-state index contributed by atoms with van der Waals surface area (Å²) in [7, 11) is 0. The van der Waals surface area contributed by atoms with Crippen LogP contribution < -0.4 is 10.6 Å². The average molecular weight is 344 g/mol. The Bertz CT molecular complexity index is 586. The third-order valence-corrected chi connectivity index (χ3v) is 4.12. The van der Waals surface area contributed by atoms with Crippen molar-refractivity contribution in [1.82, 2.24) is 10.6 Å². The molecular weight excluding hydrogens is 325 g/mol. The van der Waals surface area contributed by atoms with Crippen LogP contribution in [0, 0.1) is 0 Å². The van der Waals surface area contributed by atoms with Gasteiger partial charge in [0, 0.05) is 6.04 Å². The summed E-state index contributed by atoms with van der Waals surface area (Å²) < 4.78 is 39.8. The molecule has 8 heteroatoms. The van der Waals surface area contributed by atoms with Crippen molar-refractivity contribution >= 4 is 11.8 Å². The molecule has 0 heterocycles. The van der Waals surface area contributed by atoms with Crippen LogP contribution in [0.3, 0.4) is 0 Å². The van der Waals surface area contributed by atoms with E-state index in [0.717, 1.165) is 37.8 Å². The Balaban J connectivity index is 2.02. The summed E-state index contributed by atoms with van der Waals surface area (Å²) in [5.41, 5.74) is -3.67. The molecule has 5 nitrogen and oxygen atoms in total. The van der Waals surface area contributed by atoms with Gasteiger partial charge < -0.3 is 15.7 Å². The second-order valence-corrected chi connectivity index (χ2v) is 5.86.